The van der Waals surface area contributed by atoms with Crippen LogP contribution in [-0.2, 0) is 16.2 Å². The summed E-state index contributed by atoms with van der Waals surface area (Å²) in [4.78, 5) is 26.7. The third-order valence-electron chi connectivity index (χ3n) is 5.33. The van der Waals surface area contributed by atoms with Crippen molar-refractivity contribution in [1.29, 1.82) is 0 Å². The first-order valence-corrected chi connectivity index (χ1v) is 11.4. The fourth-order valence-corrected chi connectivity index (χ4v) is 4.05. The molecule has 2 amide bonds. The van der Waals surface area contributed by atoms with Crippen LogP contribution in [0.5, 0.6) is 5.75 Å². The Morgan fingerprint density at radius 3 is 2.53 bits per heavy atom. The van der Waals surface area contributed by atoms with Crippen LogP contribution in [0, 0.1) is 11.7 Å². The van der Waals surface area contributed by atoms with Gasteiger partial charge in [-0.2, -0.15) is 0 Å². The molecule has 0 bridgehead atoms. The highest BCUT2D eigenvalue weighted by atomic mass is 35.5. The van der Waals surface area contributed by atoms with E-state index < -0.39 is 11.7 Å². The summed E-state index contributed by atoms with van der Waals surface area (Å²) in [6, 6.07) is 16.0. The molecular weight excluding hydrogens is 504 g/mol. The molecule has 1 atom stereocenters. The highest BCUT2D eigenvalue weighted by Crippen LogP contribution is 2.30. The molecule has 6 nitrogen and oxygen atoms in total. The fraction of sp³-hybridized carbons (Fsp3) is 0.167. The summed E-state index contributed by atoms with van der Waals surface area (Å²) in [5.41, 5.74) is 6.65. The van der Waals surface area contributed by atoms with Gasteiger partial charge in [-0.1, -0.05) is 40.9 Å². The number of benzene rings is 3. The lowest BCUT2D eigenvalue weighted by Gasteiger charge is -2.18. The summed E-state index contributed by atoms with van der Waals surface area (Å²) in [6.45, 7) is 0.113. The Labute approximate surface area is 210 Å². The zero-order valence-electron chi connectivity index (χ0n) is 17.7. The largest absolute Gasteiger partial charge is 0.487 e. The predicted octanol–water partition coefficient (Wildman–Crippen LogP) is 5.86. The highest BCUT2D eigenvalue weighted by molar-refractivity contribution is 6.31. The van der Waals surface area contributed by atoms with E-state index in [4.69, 9.17) is 39.5 Å². The predicted molar refractivity (Wildman–Crippen MR) is 131 cm³/mol. The molecule has 1 aliphatic heterocycles. The van der Waals surface area contributed by atoms with Crippen LogP contribution in [0.15, 0.2) is 60.7 Å². The fourth-order valence-electron chi connectivity index (χ4n) is 3.53. The smallest absolute Gasteiger partial charge is 0.243 e. The van der Waals surface area contributed by atoms with Crippen molar-refractivity contribution in [2.45, 2.75) is 13.0 Å². The van der Waals surface area contributed by atoms with Gasteiger partial charge in [0.25, 0.3) is 0 Å². The number of nitrogens with zero attached hydrogens (tertiary/aromatic N) is 1. The minimum atomic E-state index is -0.559. The molecule has 1 fully saturated rings. The molecule has 0 aliphatic carbocycles. The van der Waals surface area contributed by atoms with Crippen molar-refractivity contribution in [1.82, 2.24) is 5.43 Å². The molecule has 0 spiro atoms. The summed E-state index contributed by atoms with van der Waals surface area (Å²) >= 11 is 18.1. The topological polar surface area (TPSA) is 70.7 Å². The average Bonchev–Trinajstić information content (AvgIpc) is 3.20. The van der Waals surface area contributed by atoms with Gasteiger partial charge in [-0.25, -0.2) is 4.39 Å². The minimum absolute atomic E-state index is 0.0703. The standard InChI is InChI=1S/C24H19Cl3FN3O3/c25-15-4-7-17(8-5-15)31-12-14(10-23(31)32)24(33)30-29-21-11-16(26)6-9-22(21)34-13-18-19(27)2-1-3-20(18)28/h1-9,11,14,29H,10,12-13H2,(H,30,33)/t14-/m0/s1. The van der Waals surface area contributed by atoms with Crippen molar-refractivity contribution < 1.29 is 18.7 Å². The number of rotatable bonds is 7. The molecule has 2 N–H and O–H groups in total. The SMILES string of the molecule is O=C(NNc1cc(Cl)ccc1OCc1c(F)cccc1Cl)[C@H]1CC(=O)N(c2ccc(Cl)cc2)C1. The van der Waals surface area contributed by atoms with Crippen molar-refractivity contribution in [3.63, 3.8) is 0 Å². The van der Waals surface area contributed by atoms with Crippen LogP contribution in [0.1, 0.15) is 12.0 Å². The second-order valence-corrected chi connectivity index (χ2v) is 8.91. The summed E-state index contributed by atoms with van der Waals surface area (Å²) < 4.78 is 19.8. The highest BCUT2D eigenvalue weighted by Gasteiger charge is 2.35. The van der Waals surface area contributed by atoms with E-state index in [9.17, 15) is 14.0 Å². The molecule has 10 heteroatoms. The van der Waals surface area contributed by atoms with Crippen LogP contribution < -0.4 is 20.5 Å². The minimum Gasteiger partial charge on any atom is -0.487 e. The first kappa shape index (κ1) is 24.1. The maximum Gasteiger partial charge on any atom is 0.243 e. The van der Waals surface area contributed by atoms with E-state index in [2.05, 4.69) is 10.9 Å². The Balaban J connectivity index is 1.40. The molecule has 0 saturated carbocycles. The molecule has 1 heterocycles. The first-order chi connectivity index (χ1) is 16.3. The monoisotopic (exact) mass is 521 g/mol. The quantitative estimate of drug-likeness (QED) is 0.381. The number of amides is 2. The first-order valence-electron chi connectivity index (χ1n) is 10.3. The number of ether oxygens (including phenoxy) is 1. The van der Waals surface area contributed by atoms with E-state index in [0.29, 0.717) is 27.2 Å². The summed E-state index contributed by atoms with van der Waals surface area (Å²) in [7, 11) is 0. The number of nitrogens with one attached hydrogen (secondary N) is 2. The number of halogens is 4. The second kappa shape index (κ2) is 10.5. The molecule has 1 saturated heterocycles. The van der Waals surface area contributed by atoms with Gasteiger partial charge in [0, 0.05) is 34.3 Å². The van der Waals surface area contributed by atoms with Gasteiger partial charge in [0.15, 0.2) is 0 Å². The number of hydrogen-bond acceptors (Lipinski definition) is 4. The van der Waals surface area contributed by atoms with Crippen LogP contribution in [0.3, 0.4) is 0 Å². The van der Waals surface area contributed by atoms with Crippen LogP contribution in [-0.4, -0.2) is 18.4 Å². The number of carbonyl (C=O) groups excluding carboxylic acids is 2. The van der Waals surface area contributed by atoms with E-state index in [-0.39, 0.29) is 42.0 Å². The number of carbonyl (C=O) groups is 2. The molecular formula is C24H19Cl3FN3O3. The molecule has 1 aliphatic rings. The third-order valence-corrected chi connectivity index (χ3v) is 6.17. The van der Waals surface area contributed by atoms with Crippen LogP contribution in [0.25, 0.3) is 0 Å². The van der Waals surface area contributed by atoms with E-state index in [1.807, 2.05) is 0 Å². The molecule has 0 aromatic heterocycles. The van der Waals surface area contributed by atoms with Gasteiger partial charge in [0.2, 0.25) is 11.8 Å². The molecule has 3 aromatic rings. The van der Waals surface area contributed by atoms with Gasteiger partial charge >= 0.3 is 0 Å². The van der Waals surface area contributed by atoms with E-state index in [1.165, 1.54) is 12.1 Å². The number of anilines is 2. The zero-order valence-corrected chi connectivity index (χ0v) is 19.9. The van der Waals surface area contributed by atoms with Crippen LogP contribution in [0.2, 0.25) is 15.1 Å². The summed E-state index contributed by atoms with van der Waals surface area (Å²) in [5, 5.41) is 1.21. The van der Waals surface area contributed by atoms with Gasteiger partial charge < -0.3 is 9.64 Å². The van der Waals surface area contributed by atoms with Gasteiger partial charge in [-0.3, -0.25) is 20.4 Å². The molecule has 0 unspecified atom stereocenters. The Bertz CT molecular complexity index is 1200. The number of hydrazine groups is 1. The maximum atomic E-state index is 14.1. The lowest BCUT2D eigenvalue weighted by atomic mass is 10.1. The van der Waals surface area contributed by atoms with Crippen molar-refractivity contribution in [2.75, 3.05) is 16.9 Å². The van der Waals surface area contributed by atoms with Crippen LogP contribution in [0.4, 0.5) is 15.8 Å². The zero-order chi connectivity index (χ0) is 24.2. The van der Waals surface area contributed by atoms with Crippen LogP contribution >= 0.6 is 34.8 Å². The summed E-state index contributed by atoms with van der Waals surface area (Å²) in [5.74, 6) is -1.24. The Kier molecular flexibility index (Phi) is 7.46. The van der Waals surface area contributed by atoms with E-state index in [1.54, 1.807) is 53.4 Å². The van der Waals surface area contributed by atoms with Crippen molar-refractivity contribution in [3.8, 4) is 5.75 Å². The lowest BCUT2D eigenvalue weighted by Crippen LogP contribution is -2.36. The maximum absolute atomic E-state index is 14.1. The average molecular weight is 523 g/mol. The molecule has 4 rings (SSSR count). The second-order valence-electron chi connectivity index (χ2n) is 7.63. The van der Waals surface area contributed by atoms with Crippen molar-refractivity contribution in [3.05, 3.63) is 87.1 Å². The molecule has 34 heavy (non-hydrogen) atoms. The molecule has 3 aromatic carbocycles. The van der Waals surface area contributed by atoms with Gasteiger partial charge in [-0.15, -0.1) is 0 Å². The lowest BCUT2D eigenvalue weighted by molar-refractivity contribution is -0.125. The Morgan fingerprint density at radius 1 is 1.06 bits per heavy atom. The molecule has 176 valence electrons. The van der Waals surface area contributed by atoms with Gasteiger partial charge in [0.05, 0.1) is 16.6 Å². The molecule has 0 radical (unpaired) electrons. The van der Waals surface area contributed by atoms with Crippen molar-refractivity contribution in [2.24, 2.45) is 5.92 Å². The van der Waals surface area contributed by atoms with Gasteiger partial charge in [0.1, 0.15) is 18.2 Å². The van der Waals surface area contributed by atoms with E-state index in [0.717, 1.165) is 0 Å². The van der Waals surface area contributed by atoms with E-state index >= 15 is 0 Å². The van der Waals surface area contributed by atoms with Crippen molar-refractivity contribution >= 4 is 58.0 Å². The number of hydrogen-bond donors (Lipinski definition) is 2. The van der Waals surface area contributed by atoms with Gasteiger partial charge in [-0.05, 0) is 54.6 Å². The Hall–Kier alpha value is -3.00. The normalized spacial score (nSPS) is 15.4. The Morgan fingerprint density at radius 2 is 1.79 bits per heavy atom. The third kappa shape index (κ3) is 5.55. The summed E-state index contributed by atoms with van der Waals surface area (Å²) in [6.07, 6.45) is 0.0703.